The van der Waals surface area contributed by atoms with Gasteiger partial charge in [0.1, 0.15) is 5.84 Å². The van der Waals surface area contributed by atoms with Crippen LogP contribution >= 0.6 is 0 Å². The number of aliphatic imine (C=N–C) groups is 1. The number of halogens is 3. The van der Waals surface area contributed by atoms with E-state index in [0.29, 0.717) is 11.4 Å². The molecule has 18 heavy (non-hydrogen) atoms. The Morgan fingerprint density at radius 3 is 2.17 bits per heavy atom. The van der Waals surface area contributed by atoms with Crippen molar-refractivity contribution in [2.45, 2.75) is 33.9 Å². The lowest BCUT2D eigenvalue weighted by Crippen LogP contribution is -2.28. The van der Waals surface area contributed by atoms with Crippen LogP contribution in [0.2, 0.25) is 0 Å². The Morgan fingerprint density at radius 1 is 1.17 bits per heavy atom. The molecule has 1 rings (SSSR count). The summed E-state index contributed by atoms with van der Waals surface area (Å²) in [5, 5.41) is 0. The predicted molar refractivity (Wildman–Crippen MR) is 66.9 cm³/mol. The number of nitrogens with zero attached hydrogens (tertiary/aromatic N) is 1. The van der Waals surface area contributed by atoms with Crippen molar-refractivity contribution in [2.75, 3.05) is 0 Å². The maximum Gasteiger partial charge on any atom is 0.416 e. The first-order chi connectivity index (χ1) is 8.01. The normalized spacial score (nSPS) is 13.8. The lowest BCUT2D eigenvalue weighted by Gasteiger charge is -2.18. The summed E-state index contributed by atoms with van der Waals surface area (Å²) >= 11 is 0. The fourth-order valence-electron chi connectivity index (χ4n) is 1.20. The molecule has 0 heterocycles. The van der Waals surface area contributed by atoms with Crippen LogP contribution in [0.25, 0.3) is 0 Å². The molecule has 0 aliphatic rings. The Hall–Kier alpha value is -1.52. The van der Waals surface area contributed by atoms with Gasteiger partial charge in [-0.25, -0.2) is 4.99 Å². The average Bonchev–Trinajstić information content (AvgIpc) is 2.18. The van der Waals surface area contributed by atoms with Crippen molar-refractivity contribution in [1.29, 1.82) is 0 Å². The van der Waals surface area contributed by atoms with Gasteiger partial charge in [0.15, 0.2) is 0 Å². The second-order valence-corrected chi connectivity index (χ2v) is 5.25. The first-order valence-corrected chi connectivity index (χ1v) is 5.54. The second-order valence-electron chi connectivity index (χ2n) is 5.25. The monoisotopic (exact) mass is 258 g/mol. The summed E-state index contributed by atoms with van der Waals surface area (Å²) in [6.07, 6.45) is -4.37. The summed E-state index contributed by atoms with van der Waals surface area (Å²) in [4.78, 5) is 4.10. The first-order valence-electron chi connectivity index (χ1n) is 5.54. The van der Waals surface area contributed by atoms with E-state index >= 15 is 0 Å². The zero-order valence-electron chi connectivity index (χ0n) is 10.9. The van der Waals surface area contributed by atoms with E-state index in [0.717, 1.165) is 12.1 Å². The topological polar surface area (TPSA) is 38.4 Å². The highest BCUT2D eigenvalue weighted by molar-refractivity contribution is 5.88. The summed E-state index contributed by atoms with van der Waals surface area (Å²) in [6, 6.07) is 3.47. The number of rotatable bonds is 1. The molecule has 2 nitrogen and oxygen atoms in total. The third-order valence-corrected chi connectivity index (χ3v) is 2.55. The van der Waals surface area contributed by atoms with Gasteiger partial charge in [0.2, 0.25) is 0 Å². The SMILES string of the molecule is Cc1ccc(C(F)(F)F)cc1N=C(N)C(C)(C)C. The van der Waals surface area contributed by atoms with Gasteiger partial charge in [-0.1, -0.05) is 26.8 Å². The highest BCUT2D eigenvalue weighted by Gasteiger charge is 2.30. The molecule has 0 saturated heterocycles. The molecule has 0 aliphatic heterocycles. The maximum atomic E-state index is 12.6. The van der Waals surface area contributed by atoms with Gasteiger partial charge >= 0.3 is 6.18 Å². The molecular weight excluding hydrogens is 241 g/mol. The number of alkyl halides is 3. The lowest BCUT2D eigenvalue weighted by molar-refractivity contribution is -0.137. The molecule has 0 bridgehead atoms. The molecule has 0 unspecified atom stereocenters. The molecule has 1 aromatic rings. The van der Waals surface area contributed by atoms with E-state index < -0.39 is 11.7 Å². The van der Waals surface area contributed by atoms with Crippen molar-refractivity contribution in [3.05, 3.63) is 29.3 Å². The van der Waals surface area contributed by atoms with Crippen LogP contribution in [-0.4, -0.2) is 5.84 Å². The van der Waals surface area contributed by atoms with Crippen molar-refractivity contribution in [3.8, 4) is 0 Å². The maximum absolute atomic E-state index is 12.6. The Morgan fingerprint density at radius 2 is 1.72 bits per heavy atom. The van der Waals surface area contributed by atoms with E-state index in [2.05, 4.69) is 4.99 Å². The van der Waals surface area contributed by atoms with Crippen LogP contribution in [0.4, 0.5) is 18.9 Å². The molecule has 0 spiro atoms. The van der Waals surface area contributed by atoms with Crippen molar-refractivity contribution < 1.29 is 13.2 Å². The van der Waals surface area contributed by atoms with Crippen molar-refractivity contribution >= 4 is 11.5 Å². The highest BCUT2D eigenvalue weighted by Crippen LogP contribution is 2.33. The molecule has 2 N–H and O–H groups in total. The van der Waals surface area contributed by atoms with Crippen LogP contribution in [0, 0.1) is 12.3 Å². The van der Waals surface area contributed by atoms with Crippen LogP contribution in [0.3, 0.4) is 0 Å². The zero-order chi connectivity index (χ0) is 14.1. The predicted octanol–water partition coefficient (Wildman–Crippen LogP) is 4.05. The van der Waals surface area contributed by atoms with Gasteiger partial charge in [0.05, 0.1) is 11.3 Å². The fourth-order valence-corrected chi connectivity index (χ4v) is 1.20. The van der Waals surface area contributed by atoms with E-state index in [1.165, 1.54) is 6.07 Å². The summed E-state index contributed by atoms with van der Waals surface area (Å²) in [5.41, 5.74) is 5.61. The minimum atomic E-state index is -4.37. The van der Waals surface area contributed by atoms with Crippen LogP contribution in [0.15, 0.2) is 23.2 Å². The second kappa shape index (κ2) is 4.63. The number of benzene rings is 1. The van der Waals surface area contributed by atoms with E-state index in [1.807, 2.05) is 20.8 Å². The zero-order valence-corrected chi connectivity index (χ0v) is 10.9. The molecule has 0 aliphatic carbocycles. The Labute approximate surface area is 105 Å². The number of aryl methyl sites for hydroxylation is 1. The molecule has 0 amide bonds. The average molecular weight is 258 g/mol. The Balaban J connectivity index is 3.26. The fraction of sp³-hybridized carbons (Fsp3) is 0.462. The van der Waals surface area contributed by atoms with Gasteiger partial charge < -0.3 is 5.73 Å². The summed E-state index contributed by atoms with van der Waals surface area (Å²) in [7, 11) is 0. The third kappa shape index (κ3) is 3.48. The summed E-state index contributed by atoms with van der Waals surface area (Å²) in [5.74, 6) is 0.310. The molecule has 0 radical (unpaired) electrons. The van der Waals surface area contributed by atoms with Gasteiger partial charge in [-0.3, -0.25) is 0 Å². The summed E-state index contributed by atoms with van der Waals surface area (Å²) < 4.78 is 37.8. The van der Waals surface area contributed by atoms with Crippen molar-refractivity contribution in [2.24, 2.45) is 16.1 Å². The minimum absolute atomic E-state index is 0.261. The van der Waals surface area contributed by atoms with E-state index in [9.17, 15) is 13.2 Å². The number of hydrogen-bond acceptors (Lipinski definition) is 1. The Kier molecular flexibility index (Phi) is 3.74. The quantitative estimate of drug-likeness (QED) is 0.599. The highest BCUT2D eigenvalue weighted by atomic mass is 19.4. The van der Waals surface area contributed by atoms with Crippen LogP contribution in [0.5, 0.6) is 0 Å². The van der Waals surface area contributed by atoms with Crippen LogP contribution < -0.4 is 5.73 Å². The molecule has 0 saturated carbocycles. The molecule has 1 aromatic carbocycles. The number of nitrogens with two attached hydrogens (primary N) is 1. The van der Waals surface area contributed by atoms with Crippen molar-refractivity contribution in [1.82, 2.24) is 0 Å². The molecular formula is C13H17F3N2. The molecule has 0 atom stereocenters. The number of hydrogen-bond donors (Lipinski definition) is 1. The largest absolute Gasteiger partial charge is 0.416 e. The number of amidine groups is 1. The third-order valence-electron chi connectivity index (χ3n) is 2.55. The van der Waals surface area contributed by atoms with Gasteiger partial charge in [-0.05, 0) is 24.6 Å². The Bertz CT molecular complexity index is 468. The molecule has 0 fully saturated rings. The van der Waals surface area contributed by atoms with E-state index in [-0.39, 0.29) is 11.1 Å². The van der Waals surface area contributed by atoms with E-state index in [1.54, 1.807) is 6.92 Å². The first kappa shape index (κ1) is 14.5. The van der Waals surface area contributed by atoms with Gasteiger partial charge in [0.25, 0.3) is 0 Å². The smallest absolute Gasteiger partial charge is 0.387 e. The lowest BCUT2D eigenvalue weighted by atomic mass is 9.95. The standard InChI is InChI=1S/C13H17F3N2/c1-8-5-6-9(13(14,15)16)7-10(8)18-11(17)12(2,3)4/h5-7H,1-4H3,(H2,17,18). The van der Waals surface area contributed by atoms with Crippen LogP contribution in [0.1, 0.15) is 31.9 Å². The van der Waals surface area contributed by atoms with Crippen molar-refractivity contribution in [3.63, 3.8) is 0 Å². The molecule has 0 aromatic heterocycles. The summed E-state index contributed by atoms with van der Waals surface area (Å²) in [6.45, 7) is 7.27. The van der Waals surface area contributed by atoms with Crippen LogP contribution in [-0.2, 0) is 6.18 Å². The minimum Gasteiger partial charge on any atom is -0.387 e. The van der Waals surface area contributed by atoms with E-state index in [4.69, 9.17) is 5.73 Å². The van der Waals surface area contributed by atoms with Gasteiger partial charge in [0, 0.05) is 5.41 Å². The molecule has 100 valence electrons. The molecule has 5 heteroatoms. The van der Waals surface area contributed by atoms with Gasteiger partial charge in [-0.15, -0.1) is 0 Å². The van der Waals surface area contributed by atoms with Gasteiger partial charge in [-0.2, -0.15) is 13.2 Å².